The van der Waals surface area contributed by atoms with Crippen molar-refractivity contribution in [3.8, 4) is 0 Å². The van der Waals surface area contributed by atoms with Gasteiger partial charge in [-0.3, -0.25) is 4.79 Å². The van der Waals surface area contributed by atoms with E-state index in [0.29, 0.717) is 12.5 Å². The van der Waals surface area contributed by atoms with Gasteiger partial charge in [0.05, 0.1) is 5.92 Å². The first-order chi connectivity index (χ1) is 9.75. The molecule has 2 nitrogen and oxygen atoms in total. The minimum Gasteiger partial charge on any atom is -0.338 e. The molecule has 0 aromatic heterocycles. The van der Waals surface area contributed by atoms with Gasteiger partial charge in [0.1, 0.15) is 0 Å². The summed E-state index contributed by atoms with van der Waals surface area (Å²) < 4.78 is 0. The summed E-state index contributed by atoms with van der Waals surface area (Å²) in [5.41, 5.74) is 2.34. The molecular weight excluding hydrogens is 246 g/mol. The zero-order chi connectivity index (χ0) is 13.9. The molecule has 1 saturated heterocycles. The van der Waals surface area contributed by atoms with Crippen LogP contribution < -0.4 is 0 Å². The second kappa shape index (κ2) is 5.49. The molecule has 1 aliphatic rings. The lowest BCUT2D eigenvalue weighted by Crippen LogP contribution is -2.26. The maximum absolute atomic E-state index is 12.6. The molecule has 0 spiro atoms. The molecule has 1 fully saturated rings. The highest BCUT2D eigenvalue weighted by molar-refractivity contribution is 5.86. The Hall–Kier alpha value is -2.09. The maximum Gasteiger partial charge on any atom is 0.230 e. The van der Waals surface area contributed by atoms with Gasteiger partial charge in [-0.05, 0) is 17.0 Å². The number of nitrogens with zero attached hydrogens (tertiary/aromatic N) is 1. The number of likely N-dealkylation sites (tertiary alicyclic amines) is 1. The number of hydrogen-bond acceptors (Lipinski definition) is 1. The molecule has 102 valence electrons. The molecule has 0 aliphatic carbocycles. The van der Waals surface area contributed by atoms with Crippen LogP contribution in [0.15, 0.2) is 60.7 Å². The van der Waals surface area contributed by atoms with Crippen LogP contribution in [0.5, 0.6) is 0 Å². The Kier molecular flexibility index (Phi) is 3.55. The molecule has 1 aliphatic heterocycles. The molecule has 1 heterocycles. The molecule has 0 N–H and O–H groups in total. The molecule has 1 amide bonds. The van der Waals surface area contributed by atoms with E-state index in [1.165, 1.54) is 5.56 Å². The van der Waals surface area contributed by atoms with Crippen LogP contribution in [0.4, 0.5) is 0 Å². The first-order valence-electron chi connectivity index (χ1n) is 7.13. The molecule has 20 heavy (non-hydrogen) atoms. The number of hydrogen-bond donors (Lipinski definition) is 0. The largest absolute Gasteiger partial charge is 0.338 e. The third-order valence-corrected chi connectivity index (χ3v) is 4.03. The first kappa shape index (κ1) is 12.9. The lowest BCUT2D eigenvalue weighted by atomic mass is 9.90. The third kappa shape index (κ3) is 2.46. The minimum absolute atomic E-state index is 0.0138. The van der Waals surface area contributed by atoms with E-state index in [4.69, 9.17) is 0 Å². The van der Waals surface area contributed by atoms with E-state index in [1.807, 2.05) is 41.3 Å². The molecular formula is C18H19NO. The van der Waals surface area contributed by atoms with Crippen LogP contribution in [0.3, 0.4) is 0 Å². The highest BCUT2D eigenvalue weighted by Gasteiger charge is 2.38. The first-order valence-corrected chi connectivity index (χ1v) is 7.13. The smallest absolute Gasteiger partial charge is 0.230 e. The summed E-state index contributed by atoms with van der Waals surface area (Å²) in [6.07, 6.45) is 0. The molecule has 0 radical (unpaired) electrons. The quantitative estimate of drug-likeness (QED) is 0.832. The van der Waals surface area contributed by atoms with Crippen LogP contribution in [0.1, 0.15) is 24.0 Å². The highest BCUT2D eigenvalue weighted by atomic mass is 16.2. The zero-order valence-corrected chi connectivity index (χ0v) is 11.7. The Labute approximate surface area is 120 Å². The van der Waals surface area contributed by atoms with E-state index in [9.17, 15) is 4.79 Å². The van der Waals surface area contributed by atoms with Gasteiger partial charge in [-0.2, -0.15) is 0 Å². The van der Waals surface area contributed by atoms with Crippen molar-refractivity contribution in [2.24, 2.45) is 5.92 Å². The normalized spacial score (nSPS) is 22.2. The van der Waals surface area contributed by atoms with E-state index >= 15 is 0 Å². The lowest BCUT2D eigenvalue weighted by molar-refractivity contribution is -0.129. The summed E-state index contributed by atoms with van der Waals surface area (Å²) in [5, 5.41) is 0. The zero-order valence-electron chi connectivity index (χ0n) is 11.7. The molecule has 0 unspecified atom stereocenters. The minimum atomic E-state index is 0.0138. The SMILES string of the molecule is C[C@H]1CN(Cc2ccccc2)C(=O)[C@@H]1c1ccccc1. The number of rotatable bonds is 3. The summed E-state index contributed by atoms with van der Waals surface area (Å²) in [5.74, 6) is 0.640. The van der Waals surface area contributed by atoms with Gasteiger partial charge in [-0.15, -0.1) is 0 Å². The van der Waals surface area contributed by atoms with Crippen molar-refractivity contribution < 1.29 is 4.79 Å². The van der Waals surface area contributed by atoms with Crippen LogP contribution in [-0.2, 0) is 11.3 Å². The third-order valence-electron chi connectivity index (χ3n) is 4.03. The Morgan fingerprint density at radius 2 is 1.60 bits per heavy atom. The summed E-state index contributed by atoms with van der Waals surface area (Å²) >= 11 is 0. The van der Waals surface area contributed by atoms with Crippen molar-refractivity contribution in [2.45, 2.75) is 19.4 Å². The van der Waals surface area contributed by atoms with Crippen molar-refractivity contribution in [3.05, 3.63) is 71.8 Å². The van der Waals surface area contributed by atoms with Crippen molar-refractivity contribution >= 4 is 5.91 Å². The van der Waals surface area contributed by atoms with Gasteiger partial charge >= 0.3 is 0 Å². The van der Waals surface area contributed by atoms with Gasteiger partial charge in [0, 0.05) is 13.1 Å². The molecule has 2 heteroatoms. The fourth-order valence-corrected chi connectivity index (χ4v) is 3.06. The maximum atomic E-state index is 12.6. The monoisotopic (exact) mass is 265 g/mol. The van der Waals surface area contributed by atoms with Gasteiger partial charge in [0.25, 0.3) is 0 Å². The van der Waals surface area contributed by atoms with Crippen molar-refractivity contribution in [3.63, 3.8) is 0 Å². The van der Waals surface area contributed by atoms with Gasteiger partial charge < -0.3 is 4.90 Å². The van der Waals surface area contributed by atoms with Gasteiger partial charge in [-0.1, -0.05) is 67.6 Å². The number of carbonyl (C=O) groups excluding carboxylic acids is 1. The Balaban J connectivity index is 1.79. The Bertz CT molecular complexity index is 579. The van der Waals surface area contributed by atoms with E-state index in [-0.39, 0.29) is 11.8 Å². The van der Waals surface area contributed by atoms with Gasteiger partial charge in [0.15, 0.2) is 0 Å². The summed E-state index contributed by atoms with van der Waals surface area (Å²) in [4.78, 5) is 14.6. The van der Waals surface area contributed by atoms with Crippen LogP contribution in [0.2, 0.25) is 0 Å². The molecule has 3 rings (SSSR count). The molecule has 2 atom stereocenters. The Morgan fingerprint density at radius 1 is 1.00 bits per heavy atom. The number of amides is 1. The molecule has 2 aromatic carbocycles. The van der Waals surface area contributed by atoms with Gasteiger partial charge in [-0.25, -0.2) is 0 Å². The second-order valence-electron chi connectivity index (χ2n) is 5.57. The van der Waals surface area contributed by atoms with Crippen molar-refractivity contribution in [1.82, 2.24) is 4.90 Å². The fourth-order valence-electron chi connectivity index (χ4n) is 3.06. The van der Waals surface area contributed by atoms with Crippen molar-refractivity contribution in [2.75, 3.05) is 6.54 Å². The van der Waals surface area contributed by atoms with E-state index < -0.39 is 0 Å². The number of carbonyl (C=O) groups is 1. The molecule has 2 aromatic rings. The van der Waals surface area contributed by atoms with Crippen molar-refractivity contribution in [1.29, 1.82) is 0 Å². The van der Waals surface area contributed by atoms with E-state index in [1.54, 1.807) is 0 Å². The standard InChI is InChI=1S/C18H19NO/c1-14-12-19(13-15-8-4-2-5-9-15)18(20)17(14)16-10-6-3-7-11-16/h2-11,14,17H,12-13H2,1H3/t14-,17-/m0/s1. The predicted octanol–water partition coefficient (Wildman–Crippen LogP) is 3.45. The van der Waals surface area contributed by atoms with Crippen LogP contribution in [-0.4, -0.2) is 17.4 Å². The van der Waals surface area contributed by atoms with E-state index in [2.05, 4.69) is 31.2 Å². The fraction of sp³-hybridized carbons (Fsp3) is 0.278. The predicted molar refractivity (Wildman–Crippen MR) is 80.2 cm³/mol. The van der Waals surface area contributed by atoms with Crippen LogP contribution in [0, 0.1) is 5.92 Å². The van der Waals surface area contributed by atoms with Crippen LogP contribution >= 0.6 is 0 Å². The average Bonchev–Trinajstić information content (AvgIpc) is 2.75. The van der Waals surface area contributed by atoms with E-state index in [0.717, 1.165) is 12.1 Å². The summed E-state index contributed by atoms with van der Waals surface area (Å²) in [6.45, 7) is 3.72. The summed E-state index contributed by atoms with van der Waals surface area (Å²) in [6, 6.07) is 20.3. The lowest BCUT2D eigenvalue weighted by Gasteiger charge is -2.16. The second-order valence-corrected chi connectivity index (χ2v) is 5.57. The molecule has 0 saturated carbocycles. The average molecular weight is 265 g/mol. The topological polar surface area (TPSA) is 20.3 Å². The molecule has 0 bridgehead atoms. The highest BCUT2D eigenvalue weighted by Crippen LogP contribution is 2.34. The van der Waals surface area contributed by atoms with Gasteiger partial charge in [0.2, 0.25) is 5.91 Å². The Morgan fingerprint density at radius 3 is 2.25 bits per heavy atom. The van der Waals surface area contributed by atoms with Crippen LogP contribution in [0.25, 0.3) is 0 Å². The number of benzene rings is 2. The summed E-state index contributed by atoms with van der Waals surface area (Å²) in [7, 11) is 0.